The fourth-order valence-electron chi connectivity index (χ4n) is 5.96. The number of hydrogen-bond donors (Lipinski definition) is 1. The van der Waals surface area contributed by atoms with Crippen molar-refractivity contribution in [1.82, 2.24) is 10.1 Å². The molecule has 2 unspecified atom stereocenters. The second-order valence-electron chi connectivity index (χ2n) is 10.6. The van der Waals surface area contributed by atoms with Gasteiger partial charge in [0, 0.05) is 35.3 Å². The molecule has 0 radical (unpaired) electrons. The van der Waals surface area contributed by atoms with Gasteiger partial charge >= 0.3 is 12.3 Å². The number of alkyl halides is 3. The lowest BCUT2D eigenvalue weighted by Crippen LogP contribution is -2.46. The largest absolute Gasteiger partial charge is 0.573 e. The van der Waals surface area contributed by atoms with Gasteiger partial charge in [0.15, 0.2) is 0 Å². The minimum Gasteiger partial charge on any atom is -0.478 e. The fraction of sp³-hybridized carbons (Fsp3) is 0.464. The van der Waals surface area contributed by atoms with Crippen molar-refractivity contribution < 1.29 is 37.1 Å². The van der Waals surface area contributed by atoms with Crippen LogP contribution in [0.25, 0.3) is 11.3 Å². The molecule has 0 amide bonds. The van der Waals surface area contributed by atoms with Crippen molar-refractivity contribution in [1.29, 1.82) is 0 Å². The molecule has 206 valence electrons. The maximum atomic E-state index is 13.1. The van der Waals surface area contributed by atoms with Crippen molar-refractivity contribution in [2.24, 2.45) is 0 Å². The fourth-order valence-corrected chi connectivity index (χ4v) is 5.96. The van der Waals surface area contributed by atoms with E-state index in [2.05, 4.69) is 19.8 Å². The summed E-state index contributed by atoms with van der Waals surface area (Å²) in [5.41, 5.74) is 2.07. The first-order valence-electron chi connectivity index (χ1n) is 13.1. The van der Waals surface area contributed by atoms with Crippen LogP contribution in [0.15, 0.2) is 41.1 Å². The van der Waals surface area contributed by atoms with Gasteiger partial charge in [0.25, 0.3) is 0 Å². The van der Waals surface area contributed by atoms with Crippen molar-refractivity contribution in [2.45, 2.75) is 82.5 Å². The molecular weight excluding hydrogens is 515 g/mol. The van der Waals surface area contributed by atoms with Gasteiger partial charge in [-0.2, -0.15) is 0 Å². The van der Waals surface area contributed by atoms with E-state index < -0.39 is 12.3 Å². The quantitative estimate of drug-likeness (QED) is 0.357. The lowest BCUT2D eigenvalue weighted by atomic mass is 9.98. The van der Waals surface area contributed by atoms with E-state index in [1.54, 1.807) is 19.1 Å². The SMILES string of the molecule is Cc1cc(N2C3CCC2CC(OCc2c(-c4ccccc4OC(F)(F)F)noc2C2CC2)C3)ncc1C(=O)O. The van der Waals surface area contributed by atoms with Crippen LogP contribution in [-0.4, -0.2) is 45.8 Å². The Hall–Kier alpha value is -3.60. The molecule has 4 heterocycles. The van der Waals surface area contributed by atoms with Crippen molar-refractivity contribution >= 4 is 11.8 Å². The monoisotopic (exact) mass is 543 g/mol. The highest BCUT2D eigenvalue weighted by Crippen LogP contribution is 2.46. The van der Waals surface area contributed by atoms with Crippen LogP contribution in [0, 0.1) is 6.92 Å². The number of carboxylic acids is 1. The van der Waals surface area contributed by atoms with Gasteiger partial charge in [-0.05, 0) is 69.2 Å². The minimum absolute atomic E-state index is 0.0467. The number of aromatic carboxylic acids is 1. The van der Waals surface area contributed by atoms with E-state index in [0.29, 0.717) is 22.6 Å². The van der Waals surface area contributed by atoms with Gasteiger partial charge in [0.05, 0.1) is 18.3 Å². The van der Waals surface area contributed by atoms with Crippen LogP contribution < -0.4 is 9.64 Å². The average Bonchev–Trinajstić information content (AvgIpc) is 3.58. The first-order chi connectivity index (χ1) is 18.7. The van der Waals surface area contributed by atoms with Crippen LogP contribution in [0.4, 0.5) is 19.0 Å². The number of aromatic nitrogens is 2. The Morgan fingerprint density at radius 3 is 2.51 bits per heavy atom. The van der Waals surface area contributed by atoms with Crippen molar-refractivity contribution in [3.63, 3.8) is 0 Å². The number of para-hydroxylation sites is 1. The number of ether oxygens (including phenoxy) is 2. The molecule has 1 aromatic carbocycles. The van der Waals surface area contributed by atoms with E-state index in [-0.39, 0.29) is 47.6 Å². The summed E-state index contributed by atoms with van der Waals surface area (Å²) >= 11 is 0. The molecule has 3 fully saturated rings. The van der Waals surface area contributed by atoms with E-state index in [1.807, 2.05) is 6.07 Å². The Bertz CT molecular complexity index is 1370. The predicted octanol–water partition coefficient (Wildman–Crippen LogP) is 6.24. The maximum Gasteiger partial charge on any atom is 0.573 e. The number of fused-ring (bicyclic) bond motifs is 2. The van der Waals surface area contributed by atoms with Crippen LogP contribution in [0.3, 0.4) is 0 Å². The second-order valence-corrected chi connectivity index (χ2v) is 10.6. The molecule has 6 rings (SSSR count). The van der Waals surface area contributed by atoms with Gasteiger partial charge in [0.2, 0.25) is 0 Å². The summed E-state index contributed by atoms with van der Waals surface area (Å²) < 4.78 is 55.5. The Morgan fingerprint density at radius 2 is 1.87 bits per heavy atom. The second kappa shape index (κ2) is 9.86. The van der Waals surface area contributed by atoms with Gasteiger partial charge in [0.1, 0.15) is 23.0 Å². The molecule has 1 N–H and O–H groups in total. The standard InChI is InChI=1S/C28H28F3N3O5/c1-15-10-24(32-13-21(15)27(35)36)34-17-8-9-18(34)12-19(11-17)37-14-22-25(33-39-26(22)16-6-7-16)20-4-2-3-5-23(20)38-28(29,30)31/h2-5,10,13,16-19H,6-9,11-12,14H2,1H3,(H,35,36). The zero-order valence-corrected chi connectivity index (χ0v) is 21.3. The number of rotatable bonds is 8. The first kappa shape index (κ1) is 25.7. The van der Waals surface area contributed by atoms with Gasteiger partial charge < -0.3 is 24.0 Å². The zero-order chi connectivity index (χ0) is 27.3. The van der Waals surface area contributed by atoms with Crippen LogP contribution in [0.5, 0.6) is 5.75 Å². The highest BCUT2D eigenvalue weighted by molar-refractivity contribution is 5.89. The van der Waals surface area contributed by atoms with Crippen LogP contribution in [-0.2, 0) is 11.3 Å². The van der Waals surface area contributed by atoms with Crippen LogP contribution >= 0.6 is 0 Å². The number of halogens is 3. The summed E-state index contributed by atoms with van der Waals surface area (Å²) in [5.74, 6) is 0.326. The van der Waals surface area contributed by atoms with E-state index in [1.165, 1.54) is 18.3 Å². The summed E-state index contributed by atoms with van der Waals surface area (Å²) in [6.07, 6.45) is 1.94. The average molecular weight is 544 g/mol. The van der Waals surface area contributed by atoms with E-state index >= 15 is 0 Å². The van der Waals surface area contributed by atoms with Crippen molar-refractivity contribution in [3.8, 4) is 17.0 Å². The number of carboxylic acid groups (broad SMARTS) is 1. The predicted molar refractivity (Wildman–Crippen MR) is 134 cm³/mol. The Labute approximate surface area is 222 Å². The van der Waals surface area contributed by atoms with Crippen LogP contribution in [0.2, 0.25) is 0 Å². The number of piperidine rings is 1. The molecule has 2 bridgehead atoms. The number of benzene rings is 1. The van der Waals surface area contributed by atoms with Gasteiger partial charge in [-0.25, -0.2) is 9.78 Å². The summed E-state index contributed by atoms with van der Waals surface area (Å²) in [6.45, 7) is 1.96. The molecule has 11 heteroatoms. The lowest BCUT2D eigenvalue weighted by molar-refractivity contribution is -0.274. The molecule has 0 spiro atoms. The molecule has 39 heavy (non-hydrogen) atoms. The number of pyridine rings is 1. The van der Waals surface area contributed by atoms with E-state index in [4.69, 9.17) is 9.26 Å². The molecular formula is C28H28F3N3O5. The smallest absolute Gasteiger partial charge is 0.478 e. The molecule has 1 aliphatic carbocycles. The molecule has 2 aliphatic heterocycles. The topological polar surface area (TPSA) is 97.9 Å². The molecule has 3 aromatic rings. The summed E-state index contributed by atoms with van der Waals surface area (Å²) in [4.78, 5) is 18.1. The summed E-state index contributed by atoms with van der Waals surface area (Å²) in [7, 11) is 0. The Balaban J connectivity index is 1.20. The number of aryl methyl sites for hydroxylation is 1. The van der Waals surface area contributed by atoms with E-state index in [0.717, 1.165) is 44.3 Å². The number of carbonyl (C=O) groups is 1. The molecule has 3 aliphatic rings. The first-order valence-corrected chi connectivity index (χ1v) is 13.1. The zero-order valence-electron chi connectivity index (χ0n) is 21.3. The Kier molecular flexibility index (Phi) is 6.49. The number of hydrogen-bond acceptors (Lipinski definition) is 7. The lowest BCUT2D eigenvalue weighted by Gasteiger charge is -2.39. The third-order valence-electron chi connectivity index (χ3n) is 7.88. The molecule has 2 aromatic heterocycles. The highest BCUT2D eigenvalue weighted by Gasteiger charge is 2.42. The van der Waals surface area contributed by atoms with Crippen LogP contribution in [0.1, 0.15) is 71.7 Å². The third-order valence-corrected chi connectivity index (χ3v) is 7.88. The summed E-state index contributed by atoms with van der Waals surface area (Å²) in [6, 6.07) is 8.19. The number of nitrogens with zero attached hydrogens (tertiary/aromatic N) is 3. The number of anilines is 1. The van der Waals surface area contributed by atoms with Gasteiger partial charge in [-0.1, -0.05) is 17.3 Å². The van der Waals surface area contributed by atoms with Crippen molar-refractivity contribution in [3.05, 3.63) is 59.0 Å². The molecule has 1 saturated carbocycles. The van der Waals surface area contributed by atoms with Gasteiger partial charge in [-0.15, -0.1) is 13.2 Å². The molecule has 2 saturated heterocycles. The third kappa shape index (κ3) is 5.19. The highest BCUT2D eigenvalue weighted by atomic mass is 19.4. The Morgan fingerprint density at radius 1 is 1.15 bits per heavy atom. The maximum absolute atomic E-state index is 13.1. The summed E-state index contributed by atoms with van der Waals surface area (Å²) in [5, 5.41) is 13.5. The molecule has 2 atom stereocenters. The van der Waals surface area contributed by atoms with Crippen molar-refractivity contribution in [2.75, 3.05) is 4.90 Å². The normalized spacial score (nSPS) is 22.8. The van der Waals surface area contributed by atoms with E-state index in [9.17, 15) is 23.1 Å². The van der Waals surface area contributed by atoms with Gasteiger partial charge in [-0.3, -0.25) is 0 Å². The minimum atomic E-state index is -4.83. The molecule has 8 nitrogen and oxygen atoms in total.